The second-order valence-electron chi connectivity index (χ2n) is 5.08. The van der Waals surface area contributed by atoms with E-state index in [0.717, 1.165) is 15.8 Å². The highest BCUT2D eigenvalue weighted by Crippen LogP contribution is 2.22. The van der Waals surface area contributed by atoms with Crippen molar-refractivity contribution < 1.29 is 14.6 Å². The maximum absolute atomic E-state index is 12.3. The van der Waals surface area contributed by atoms with Crippen LogP contribution in [-0.4, -0.2) is 35.8 Å². The van der Waals surface area contributed by atoms with E-state index in [9.17, 15) is 4.79 Å². The fraction of sp³-hybridized carbons (Fsp3) is 0.235. The summed E-state index contributed by atoms with van der Waals surface area (Å²) in [7, 11) is 0. The van der Waals surface area contributed by atoms with Crippen molar-refractivity contribution in [3.63, 3.8) is 0 Å². The van der Waals surface area contributed by atoms with Gasteiger partial charge in [0.1, 0.15) is 11.8 Å². The molecule has 0 spiro atoms. The Morgan fingerprint density at radius 2 is 2.17 bits per heavy atom. The summed E-state index contributed by atoms with van der Waals surface area (Å²) in [6.07, 6.45) is -0.254. The van der Waals surface area contributed by atoms with Crippen LogP contribution in [0.3, 0.4) is 0 Å². The van der Waals surface area contributed by atoms with Crippen molar-refractivity contribution in [3.05, 3.63) is 58.4 Å². The van der Waals surface area contributed by atoms with Gasteiger partial charge in [-0.15, -0.1) is 11.3 Å². The van der Waals surface area contributed by atoms with E-state index < -0.39 is 0 Å². The van der Waals surface area contributed by atoms with E-state index in [2.05, 4.69) is 10.3 Å². The molecule has 1 amide bonds. The van der Waals surface area contributed by atoms with Crippen LogP contribution in [0, 0.1) is 0 Å². The van der Waals surface area contributed by atoms with Gasteiger partial charge in [0, 0.05) is 22.3 Å². The van der Waals surface area contributed by atoms with Gasteiger partial charge in [0.15, 0.2) is 0 Å². The van der Waals surface area contributed by atoms with Crippen LogP contribution >= 0.6 is 11.3 Å². The topological polar surface area (TPSA) is 74.3 Å². The molecule has 0 bridgehead atoms. The van der Waals surface area contributed by atoms with Crippen molar-refractivity contribution in [2.24, 2.45) is 0 Å². The van der Waals surface area contributed by atoms with Crippen molar-refractivity contribution in [2.45, 2.75) is 6.10 Å². The second-order valence-corrected chi connectivity index (χ2v) is 6.06. The van der Waals surface area contributed by atoms with Crippen LogP contribution < -0.4 is 5.32 Å². The summed E-state index contributed by atoms with van der Waals surface area (Å²) in [6.45, 7) is 0.553. The van der Waals surface area contributed by atoms with Crippen LogP contribution in [0.5, 0.6) is 0 Å². The molecule has 0 saturated carbocycles. The molecular formula is C17H18N2O3S. The molecule has 1 unspecified atom stereocenters. The molecule has 1 aromatic carbocycles. The van der Waals surface area contributed by atoms with Crippen LogP contribution in [-0.2, 0) is 4.74 Å². The largest absolute Gasteiger partial charge is 0.394 e. The SMILES string of the molecule is O=C(NCC(OCCO)c1cccs1)c1cc2ccccc2[nH]1. The lowest BCUT2D eigenvalue weighted by atomic mass is 10.2. The number of carbonyl (C=O) groups is 1. The van der Waals surface area contributed by atoms with Crippen LogP contribution in [0.1, 0.15) is 21.5 Å². The number of hydrogen-bond donors (Lipinski definition) is 3. The molecule has 0 saturated heterocycles. The number of fused-ring (bicyclic) bond motifs is 1. The molecular weight excluding hydrogens is 312 g/mol. The van der Waals surface area contributed by atoms with Crippen LogP contribution in [0.25, 0.3) is 10.9 Å². The number of aromatic amines is 1. The highest BCUT2D eigenvalue weighted by atomic mass is 32.1. The van der Waals surface area contributed by atoms with E-state index in [-0.39, 0.29) is 25.2 Å². The average molecular weight is 330 g/mol. The van der Waals surface area contributed by atoms with Gasteiger partial charge in [0.25, 0.3) is 5.91 Å². The quantitative estimate of drug-likeness (QED) is 0.623. The van der Waals surface area contributed by atoms with Gasteiger partial charge in [-0.3, -0.25) is 4.79 Å². The normalized spacial score (nSPS) is 12.4. The molecule has 0 radical (unpaired) electrons. The smallest absolute Gasteiger partial charge is 0.267 e. The van der Waals surface area contributed by atoms with Crippen LogP contribution in [0.15, 0.2) is 47.8 Å². The van der Waals surface area contributed by atoms with Gasteiger partial charge in [-0.05, 0) is 23.6 Å². The number of rotatable bonds is 7. The number of aromatic nitrogens is 1. The molecule has 0 aliphatic heterocycles. The number of ether oxygens (including phenoxy) is 1. The number of benzene rings is 1. The number of H-pyrrole nitrogens is 1. The lowest BCUT2D eigenvalue weighted by Gasteiger charge is -2.16. The summed E-state index contributed by atoms with van der Waals surface area (Å²) in [6, 6.07) is 13.5. The maximum atomic E-state index is 12.3. The number of aliphatic hydroxyl groups excluding tert-OH is 1. The molecule has 2 aromatic heterocycles. The molecule has 3 N–H and O–H groups in total. The third kappa shape index (κ3) is 3.79. The van der Waals surface area contributed by atoms with Crippen molar-refractivity contribution in [2.75, 3.05) is 19.8 Å². The maximum Gasteiger partial charge on any atom is 0.267 e. The van der Waals surface area contributed by atoms with Crippen molar-refractivity contribution >= 4 is 28.1 Å². The molecule has 120 valence electrons. The Morgan fingerprint density at radius 1 is 1.30 bits per heavy atom. The predicted molar refractivity (Wildman–Crippen MR) is 90.7 cm³/mol. The Bertz CT molecular complexity index is 734. The van der Waals surface area contributed by atoms with E-state index in [1.165, 1.54) is 0 Å². The first-order chi connectivity index (χ1) is 11.3. The Hall–Kier alpha value is -2.15. The van der Waals surface area contributed by atoms with Gasteiger partial charge < -0.3 is 20.1 Å². The first kappa shape index (κ1) is 15.7. The summed E-state index contributed by atoms with van der Waals surface area (Å²) in [5.74, 6) is -0.171. The van der Waals surface area contributed by atoms with Crippen molar-refractivity contribution in [1.82, 2.24) is 10.3 Å². The van der Waals surface area contributed by atoms with Crippen LogP contribution in [0.2, 0.25) is 0 Å². The monoisotopic (exact) mass is 330 g/mol. The summed E-state index contributed by atoms with van der Waals surface area (Å²) in [4.78, 5) is 16.4. The summed E-state index contributed by atoms with van der Waals surface area (Å²) in [5, 5.41) is 14.8. The van der Waals surface area contributed by atoms with Gasteiger partial charge in [-0.1, -0.05) is 24.3 Å². The molecule has 23 heavy (non-hydrogen) atoms. The minimum absolute atomic E-state index is 0.0438. The number of amides is 1. The highest BCUT2D eigenvalue weighted by Gasteiger charge is 2.16. The number of nitrogens with one attached hydrogen (secondary N) is 2. The third-order valence-corrected chi connectivity index (χ3v) is 4.46. The van der Waals surface area contributed by atoms with Crippen molar-refractivity contribution in [1.29, 1.82) is 0 Å². The number of hydrogen-bond acceptors (Lipinski definition) is 4. The van der Waals surface area contributed by atoms with Gasteiger partial charge in [-0.25, -0.2) is 0 Å². The molecule has 0 aliphatic rings. The first-order valence-corrected chi connectivity index (χ1v) is 8.27. The lowest BCUT2D eigenvalue weighted by Crippen LogP contribution is -2.29. The first-order valence-electron chi connectivity index (χ1n) is 7.40. The Morgan fingerprint density at radius 3 is 2.91 bits per heavy atom. The van der Waals surface area contributed by atoms with Crippen LogP contribution in [0.4, 0.5) is 0 Å². The fourth-order valence-corrected chi connectivity index (χ4v) is 3.16. The molecule has 1 atom stereocenters. The molecule has 0 fully saturated rings. The van der Waals surface area contributed by atoms with Gasteiger partial charge in [-0.2, -0.15) is 0 Å². The Kier molecular flexibility index (Phi) is 5.07. The number of carbonyl (C=O) groups excluding carboxylic acids is 1. The van der Waals surface area contributed by atoms with Crippen molar-refractivity contribution in [3.8, 4) is 0 Å². The van der Waals surface area contributed by atoms with E-state index >= 15 is 0 Å². The minimum atomic E-state index is -0.254. The number of para-hydroxylation sites is 1. The van der Waals surface area contributed by atoms with E-state index in [1.54, 1.807) is 11.3 Å². The molecule has 6 heteroatoms. The highest BCUT2D eigenvalue weighted by molar-refractivity contribution is 7.10. The van der Waals surface area contributed by atoms with Gasteiger partial charge >= 0.3 is 0 Å². The predicted octanol–water partition coefficient (Wildman–Crippen LogP) is 2.71. The number of aliphatic hydroxyl groups is 1. The lowest BCUT2D eigenvalue weighted by molar-refractivity contribution is 0.0295. The standard InChI is InChI=1S/C17H18N2O3S/c20-7-8-22-15(16-6-3-9-23-16)11-18-17(21)14-10-12-4-1-2-5-13(12)19-14/h1-6,9-10,15,19-20H,7-8,11H2,(H,18,21). The summed E-state index contributed by atoms with van der Waals surface area (Å²) < 4.78 is 5.62. The summed E-state index contributed by atoms with van der Waals surface area (Å²) >= 11 is 1.57. The zero-order valence-electron chi connectivity index (χ0n) is 12.5. The second kappa shape index (κ2) is 7.41. The zero-order chi connectivity index (χ0) is 16.1. The fourth-order valence-electron chi connectivity index (χ4n) is 2.39. The molecule has 5 nitrogen and oxygen atoms in total. The molecule has 3 rings (SSSR count). The Balaban J connectivity index is 1.66. The molecule has 0 aliphatic carbocycles. The van der Waals surface area contributed by atoms with Gasteiger partial charge in [0.05, 0.1) is 13.2 Å². The molecule has 3 aromatic rings. The Labute approximate surface area is 137 Å². The minimum Gasteiger partial charge on any atom is -0.394 e. The van der Waals surface area contributed by atoms with E-state index in [1.807, 2.05) is 47.8 Å². The number of thiophene rings is 1. The van der Waals surface area contributed by atoms with Gasteiger partial charge in [0.2, 0.25) is 0 Å². The van der Waals surface area contributed by atoms with E-state index in [4.69, 9.17) is 9.84 Å². The molecule has 2 heterocycles. The third-order valence-electron chi connectivity index (χ3n) is 3.49. The van der Waals surface area contributed by atoms with E-state index in [0.29, 0.717) is 12.2 Å². The average Bonchev–Trinajstić information content (AvgIpc) is 3.24. The zero-order valence-corrected chi connectivity index (χ0v) is 13.3. The summed E-state index contributed by atoms with van der Waals surface area (Å²) in [5.41, 5.74) is 1.46.